The van der Waals surface area contributed by atoms with Gasteiger partial charge in [-0.25, -0.2) is 4.98 Å². The van der Waals surface area contributed by atoms with Crippen molar-refractivity contribution in [1.29, 1.82) is 0 Å². The quantitative estimate of drug-likeness (QED) is 0.813. The van der Waals surface area contributed by atoms with Gasteiger partial charge in [0.2, 0.25) is 0 Å². The maximum absolute atomic E-state index is 4.57. The number of hydrogen-bond acceptors (Lipinski definition) is 4. The van der Waals surface area contributed by atoms with Gasteiger partial charge in [0.05, 0.1) is 5.01 Å². The zero-order chi connectivity index (χ0) is 13.7. The third-order valence-electron chi connectivity index (χ3n) is 3.01. The summed E-state index contributed by atoms with van der Waals surface area (Å²) in [6, 6.07) is 9.18. The first-order valence-corrected chi connectivity index (χ1v) is 8.61. The molecule has 0 aliphatic carbocycles. The highest BCUT2D eigenvalue weighted by molar-refractivity contribution is 7.98. The second-order valence-electron chi connectivity index (χ2n) is 4.47. The Balaban J connectivity index is 2.13. The molecule has 0 radical (unpaired) electrons. The number of hydrogen-bond donors (Lipinski definition) is 1. The van der Waals surface area contributed by atoms with Crippen molar-refractivity contribution in [3.63, 3.8) is 0 Å². The Bertz CT molecular complexity index is 505. The fourth-order valence-electron chi connectivity index (χ4n) is 2.06. The topological polar surface area (TPSA) is 24.9 Å². The molecule has 102 valence electrons. The Morgan fingerprint density at radius 2 is 2.05 bits per heavy atom. The highest BCUT2D eigenvalue weighted by Gasteiger charge is 2.13. The monoisotopic (exact) mass is 292 g/mol. The first kappa shape index (κ1) is 14.6. The van der Waals surface area contributed by atoms with Crippen LogP contribution in [0.3, 0.4) is 0 Å². The Kier molecular flexibility index (Phi) is 5.43. The predicted octanol–water partition coefficient (Wildman–Crippen LogP) is 4.07. The number of aryl methyl sites for hydroxylation is 1. The molecule has 0 amide bonds. The number of nitrogens with one attached hydrogen (secondary N) is 1. The molecule has 1 atom stereocenters. The smallest absolute Gasteiger partial charge is 0.0947 e. The Hall–Kier alpha value is -0.840. The minimum Gasteiger partial charge on any atom is -0.310 e. The van der Waals surface area contributed by atoms with Crippen molar-refractivity contribution in [2.24, 2.45) is 0 Å². The normalized spacial score (nSPS) is 12.6. The van der Waals surface area contributed by atoms with Crippen LogP contribution in [0.2, 0.25) is 0 Å². The van der Waals surface area contributed by atoms with Crippen LogP contribution in [-0.2, 0) is 6.42 Å². The number of aromatic nitrogens is 1. The summed E-state index contributed by atoms with van der Waals surface area (Å²) < 4.78 is 0. The molecule has 0 aliphatic heterocycles. The van der Waals surface area contributed by atoms with Gasteiger partial charge in [-0.05, 0) is 37.4 Å². The lowest BCUT2D eigenvalue weighted by molar-refractivity contribution is 0.548. The summed E-state index contributed by atoms with van der Waals surface area (Å²) in [7, 11) is 0. The molecule has 1 aromatic carbocycles. The first-order chi connectivity index (χ1) is 9.22. The van der Waals surface area contributed by atoms with Gasteiger partial charge >= 0.3 is 0 Å². The second-order valence-corrected chi connectivity index (χ2v) is 6.29. The average Bonchev–Trinajstić information content (AvgIpc) is 2.84. The molecule has 1 aromatic heterocycles. The van der Waals surface area contributed by atoms with Gasteiger partial charge in [-0.2, -0.15) is 0 Å². The molecular weight excluding hydrogens is 272 g/mol. The van der Waals surface area contributed by atoms with Crippen LogP contribution in [0.15, 0.2) is 34.5 Å². The molecule has 0 bridgehead atoms. The minimum atomic E-state index is 0.353. The maximum atomic E-state index is 4.57. The van der Waals surface area contributed by atoms with Crippen molar-refractivity contribution in [2.45, 2.75) is 31.2 Å². The van der Waals surface area contributed by atoms with Crippen LogP contribution < -0.4 is 5.32 Å². The summed E-state index contributed by atoms with van der Waals surface area (Å²) >= 11 is 3.53. The first-order valence-electron chi connectivity index (χ1n) is 6.51. The molecule has 19 heavy (non-hydrogen) atoms. The number of likely N-dealkylation sites (N-methyl/N-ethyl adjacent to an activating group) is 1. The van der Waals surface area contributed by atoms with E-state index in [0.29, 0.717) is 6.04 Å². The van der Waals surface area contributed by atoms with E-state index in [1.54, 1.807) is 23.1 Å². The molecule has 2 rings (SSSR count). The van der Waals surface area contributed by atoms with Gasteiger partial charge in [0, 0.05) is 28.4 Å². The van der Waals surface area contributed by atoms with Crippen LogP contribution in [0.25, 0.3) is 0 Å². The SMILES string of the molecule is CCNC(Cc1nc(C)cs1)c1ccc(SC)cc1. The number of thiazole rings is 1. The fourth-order valence-corrected chi connectivity index (χ4v) is 3.29. The lowest BCUT2D eigenvalue weighted by Crippen LogP contribution is -2.22. The molecule has 1 heterocycles. The molecule has 2 nitrogen and oxygen atoms in total. The Morgan fingerprint density at radius 1 is 1.32 bits per heavy atom. The summed E-state index contributed by atoms with van der Waals surface area (Å²) in [6.07, 6.45) is 3.07. The molecule has 0 saturated heterocycles. The predicted molar refractivity (Wildman–Crippen MR) is 85.2 cm³/mol. The second kappa shape index (κ2) is 7.08. The van der Waals surface area contributed by atoms with E-state index in [9.17, 15) is 0 Å². The average molecular weight is 292 g/mol. The third-order valence-corrected chi connectivity index (χ3v) is 4.75. The molecule has 0 fully saturated rings. The standard InChI is InChI=1S/C15H20N2S2/c1-4-16-14(9-15-17-11(2)10-19-15)12-5-7-13(18-3)8-6-12/h5-8,10,14,16H,4,9H2,1-3H3. The van der Waals surface area contributed by atoms with Crippen LogP contribution in [0.4, 0.5) is 0 Å². The highest BCUT2D eigenvalue weighted by atomic mass is 32.2. The Labute approximate surface area is 123 Å². The number of nitrogens with zero attached hydrogens (tertiary/aromatic N) is 1. The van der Waals surface area contributed by atoms with Crippen molar-refractivity contribution in [3.8, 4) is 0 Å². The zero-order valence-corrected chi connectivity index (χ0v) is 13.3. The van der Waals surface area contributed by atoms with Gasteiger partial charge in [0.1, 0.15) is 0 Å². The van der Waals surface area contributed by atoms with Crippen LogP contribution >= 0.6 is 23.1 Å². The van der Waals surface area contributed by atoms with Crippen molar-refractivity contribution in [3.05, 3.63) is 45.9 Å². The minimum absolute atomic E-state index is 0.353. The molecule has 1 N–H and O–H groups in total. The molecule has 0 aliphatic rings. The van der Waals surface area contributed by atoms with Crippen LogP contribution in [0, 0.1) is 6.92 Å². The van der Waals surface area contributed by atoms with Crippen molar-refractivity contribution >= 4 is 23.1 Å². The maximum Gasteiger partial charge on any atom is 0.0947 e. The lowest BCUT2D eigenvalue weighted by atomic mass is 10.0. The number of thioether (sulfide) groups is 1. The zero-order valence-electron chi connectivity index (χ0n) is 11.6. The van der Waals surface area contributed by atoms with Gasteiger partial charge in [0.25, 0.3) is 0 Å². The van der Waals surface area contributed by atoms with Crippen molar-refractivity contribution in [1.82, 2.24) is 10.3 Å². The van der Waals surface area contributed by atoms with E-state index in [2.05, 4.69) is 60.0 Å². The van der Waals surface area contributed by atoms with E-state index < -0.39 is 0 Å². The Morgan fingerprint density at radius 3 is 2.58 bits per heavy atom. The number of rotatable bonds is 6. The van der Waals surface area contributed by atoms with Gasteiger partial charge in [-0.3, -0.25) is 0 Å². The van der Waals surface area contributed by atoms with Crippen LogP contribution in [-0.4, -0.2) is 17.8 Å². The summed E-state index contributed by atoms with van der Waals surface area (Å²) in [5.41, 5.74) is 2.46. The van der Waals surface area contributed by atoms with E-state index in [4.69, 9.17) is 0 Å². The lowest BCUT2D eigenvalue weighted by Gasteiger charge is -2.17. The molecule has 2 aromatic rings. The van der Waals surface area contributed by atoms with Gasteiger partial charge in [-0.15, -0.1) is 23.1 Å². The van der Waals surface area contributed by atoms with E-state index in [0.717, 1.165) is 18.7 Å². The highest BCUT2D eigenvalue weighted by Crippen LogP contribution is 2.23. The molecule has 0 saturated carbocycles. The van der Waals surface area contributed by atoms with E-state index >= 15 is 0 Å². The van der Waals surface area contributed by atoms with E-state index in [1.807, 2.05) is 0 Å². The number of benzene rings is 1. The molecule has 0 spiro atoms. The van der Waals surface area contributed by atoms with E-state index in [-0.39, 0.29) is 0 Å². The molecular formula is C15H20N2S2. The summed E-state index contributed by atoms with van der Waals surface area (Å²) in [4.78, 5) is 5.88. The fraction of sp³-hybridized carbons (Fsp3) is 0.400. The summed E-state index contributed by atoms with van der Waals surface area (Å²) in [6.45, 7) is 5.17. The largest absolute Gasteiger partial charge is 0.310 e. The third kappa shape index (κ3) is 4.06. The van der Waals surface area contributed by atoms with Gasteiger partial charge in [0.15, 0.2) is 0 Å². The van der Waals surface area contributed by atoms with E-state index in [1.165, 1.54) is 15.5 Å². The van der Waals surface area contributed by atoms with Gasteiger partial charge in [-0.1, -0.05) is 19.1 Å². The molecule has 4 heteroatoms. The van der Waals surface area contributed by atoms with Crippen molar-refractivity contribution < 1.29 is 0 Å². The van der Waals surface area contributed by atoms with Crippen molar-refractivity contribution in [2.75, 3.05) is 12.8 Å². The van der Waals surface area contributed by atoms with Crippen LogP contribution in [0.5, 0.6) is 0 Å². The summed E-state index contributed by atoms with van der Waals surface area (Å²) in [5, 5.41) is 6.88. The van der Waals surface area contributed by atoms with Gasteiger partial charge < -0.3 is 5.32 Å². The summed E-state index contributed by atoms with van der Waals surface area (Å²) in [5.74, 6) is 0. The molecule has 1 unspecified atom stereocenters. The van der Waals surface area contributed by atoms with Crippen LogP contribution in [0.1, 0.15) is 29.2 Å².